The summed E-state index contributed by atoms with van der Waals surface area (Å²) in [4.78, 5) is 27.6. The molecule has 0 saturated carbocycles. The first-order valence-electron chi connectivity index (χ1n) is 6.59. The molecule has 7 nitrogen and oxygen atoms in total. The lowest BCUT2D eigenvalue weighted by atomic mass is 10.1. The molecule has 0 aliphatic rings. The Morgan fingerprint density at radius 2 is 1.95 bits per heavy atom. The number of hydrogen-bond acceptors (Lipinski definition) is 5. The number of aliphatic hydroxyl groups is 1. The predicted molar refractivity (Wildman–Crippen MR) is 80.1 cm³/mol. The Morgan fingerprint density at radius 3 is 2.40 bits per heavy atom. The van der Waals surface area contributed by atoms with Gasteiger partial charge in [0.05, 0.1) is 5.60 Å². The molecule has 114 valence electrons. The molecule has 1 rings (SSSR count). The molecule has 0 saturated heterocycles. The van der Waals surface area contributed by atoms with Gasteiger partial charge in [0.25, 0.3) is 5.56 Å². The van der Waals surface area contributed by atoms with Crippen molar-refractivity contribution in [2.45, 2.75) is 39.8 Å². The van der Waals surface area contributed by atoms with Gasteiger partial charge in [-0.2, -0.15) is 0 Å². The zero-order chi connectivity index (χ0) is 15.7. The van der Waals surface area contributed by atoms with Gasteiger partial charge < -0.3 is 15.7 Å². The van der Waals surface area contributed by atoms with E-state index in [9.17, 15) is 14.7 Å². The van der Waals surface area contributed by atoms with E-state index in [1.165, 1.54) is 4.57 Å². The van der Waals surface area contributed by atoms with Gasteiger partial charge in [-0.3, -0.25) is 14.3 Å². The lowest BCUT2D eigenvalue weighted by molar-refractivity contribution is 0.0886. The van der Waals surface area contributed by atoms with Crippen molar-refractivity contribution in [3.63, 3.8) is 0 Å². The zero-order valence-corrected chi connectivity index (χ0v) is 12.7. The van der Waals surface area contributed by atoms with Crippen LogP contribution in [0.5, 0.6) is 0 Å². The van der Waals surface area contributed by atoms with Crippen molar-refractivity contribution in [2.75, 3.05) is 24.2 Å². The first kappa shape index (κ1) is 16.3. The van der Waals surface area contributed by atoms with E-state index in [2.05, 4.69) is 4.98 Å². The Labute approximate surface area is 118 Å². The Morgan fingerprint density at radius 1 is 1.40 bits per heavy atom. The molecule has 0 aliphatic heterocycles. The van der Waals surface area contributed by atoms with E-state index in [1.54, 1.807) is 25.8 Å². The summed E-state index contributed by atoms with van der Waals surface area (Å²) in [5, 5.41) is 9.84. The molecule has 0 atom stereocenters. The van der Waals surface area contributed by atoms with Gasteiger partial charge in [-0.05, 0) is 19.8 Å². The standard InChI is InChI=1S/C13H24N4O3/c1-8(2)6-17-10(14)9(11(18)15-12(17)19)16(5)7-13(3,4)20/h8,20H,6-7,14H2,1-5H3,(H,15,18,19). The van der Waals surface area contributed by atoms with E-state index < -0.39 is 16.9 Å². The van der Waals surface area contributed by atoms with Crippen molar-refractivity contribution in [2.24, 2.45) is 5.92 Å². The van der Waals surface area contributed by atoms with Crippen molar-refractivity contribution in [3.8, 4) is 0 Å². The van der Waals surface area contributed by atoms with Crippen molar-refractivity contribution in [3.05, 3.63) is 20.8 Å². The second-order valence-electron chi connectivity index (χ2n) is 6.17. The second-order valence-corrected chi connectivity index (χ2v) is 6.17. The molecule has 7 heteroatoms. The van der Waals surface area contributed by atoms with Crippen molar-refractivity contribution in [1.82, 2.24) is 9.55 Å². The Kier molecular flexibility index (Phi) is 4.65. The predicted octanol–water partition coefficient (Wildman–Crippen LogP) is -0.0181. The van der Waals surface area contributed by atoms with Crippen LogP contribution in [0.2, 0.25) is 0 Å². The number of H-pyrrole nitrogens is 1. The van der Waals surface area contributed by atoms with Crippen molar-refractivity contribution in [1.29, 1.82) is 0 Å². The average Bonchev–Trinajstić information content (AvgIpc) is 2.20. The number of aromatic nitrogens is 2. The van der Waals surface area contributed by atoms with Gasteiger partial charge in [0.2, 0.25) is 0 Å². The molecule has 0 radical (unpaired) electrons. The maximum Gasteiger partial charge on any atom is 0.330 e. The van der Waals surface area contributed by atoms with Crippen LogP contribution in [0, 0.1) is 5.92 Å². The highest BCUT2D eigenvalue weighted by Gasteiger charge is 2.21. The lowest BCUT2D eigenvalue weighted by Gasteiger charge is -2.28. The molecule has 1 heterocycles. The Hall–Kier alpha value is -1.76. The minimum atomic E-state index is -0.980. The number of hydrogen-bond donors (Lipinski definition) is 3. The summed E-state index contributed by atoms with van der Waals surface area (Å²) in [5.74, 6) is 0.340. The highest BCUT2D eigenvalue weighted by atomic mass is 16.3. The molecular weight excluding hydrogens is 260 g/mol. The van der Waals surface area contributed by atoms with E-state index in [-0.39, 0.29) is 24.0 Å². The van der Waals surface area contributed by atoms with Crippen LogP contribution in [0.15, 0.2) is 9.59 Å². The second kappa shape index (κ2) is 5.70. The molecule has 0 unspecified atom stereocenters. The molecule has 0 bridgehead atoms. The van der Waals surface area contributed by atoms with Gasteiger partial charge in [0, 0.05) is 20.1 Å². The number of nitrogens with zero attached hydrogens (tertiary/aromatic N) is 2. The van der Waals surface area contributed by atoms with Crippen molar-refractivity contribution >= 4 is 11.5 Å². The molecule has 0 amide bonds. The largest absolute Gasteiger partial charge is 0.389 e. The van der Waals surface area contributed by atoms with Crippen LogP contribution < -0.4 is 21.9 Å². The van der Waals surface area contributed by atoms with Crippen LogP contribution >= 0.6 is 0 Å². The SMILES string of the molecule is CC(C)Cn1c(N)c(N(C)CC(C)(C)O)c(=O)[nH]c1=O. The Bertz CT molecular complexity index is 581. The minimum Gasteiger partial charge on any atom is -0.389 e. The quantitative estimate of drug-likeness (QED) is 0.705. The number of likely N-dealkylation sites (N-methyl/N-ethyl adjacent to an activating group) is 1. The topological polar surface area (TPSA) is 104 Å². The normalized spacial score (nSPS) is 11.9. The van der Waals surface area contributed by atoms with E-state index >= 15 is 0 Å². The fraction of sp³-hybridized carbons (Fsp3) is 0.692. The first-order valence-corrected chi connectivity index (χ1v) is 6.59. The molecular formula is C13H24N4O3. The number of rotatable bonds is 5. The van der Waals surface area contributed by atoms with Gasteiger partial charge >= 0.3 is 5.69 Å². The molecule has 0 fully saturated rings. The third kappa shape index (κ3) is 3.86. The number of nitrogens with two attached hydrogens (primary N) is 1. The first-order chi connectivity index (χ1) is 9.03. The fourth-order valence-corrected chi connectivity index (χ4v) is 2.15. The number of nitrogens with one attached hydrogen (secondary N) is 1. The maximum absolute atomic E-state index is 12.0. The van der Waals surface area contributed by atoms with Gasteiger partial charge in [-0.1, -0.05) is 13.8 Å². The summed E-state index contributed by atoms with van der Waals surface area (Å²) in [6.07, 6.45) is 0. The van der Waals surface area contributed by atoms with E-state index in [0.29, 0.717) is 6.54 Å². The molecule has 0 aromatic carbocycles. The lowest BCUT2D eigenvalue weighted by Crippen LogP contribution is -2.42. The van der Waals surface area contributed by atoms with E-state index in [4.69, 9.17) is 5.73 Å². The zero-order valence-electron chi connectivity index (χ0n) is 12.7. The third-order valence-electron chi connectivity index (χ3n) is 2.77. The van der Waals surface area contributed by atoms with Crippen molar-refractivity contribution < 1.29 is 5.11 Å². The van der Waals surface area contributed by atoms with Crippen LogP contribution in [0.4, 0.5) is 11.5 Å². The highest BCUT2D eigenvalue weighted by molar-refractivity contribution is 5.62. The number of anilines is 2. The number of aromatic amines is 1. The summed E-state index contributed by atoms with van der Waals surface area (Å²) in [7, 11) is 1.66. The van der Waals surface area contributed by atoms with Crippen LogP contribution in [-0.4, -0.2) is 33.9 Å². The van der Waals surface area contributed by atoms with Crippen LogP contribution in [0.1, 0.15) is 27.7 Å². The van der Waals surface area contributed by atoms with Crippen LogP contribution in [0.3, 0.4) is 0 Å². The summed E-state index contributed by atoms with van der Waals surface area (Å²) < 4.78 is 1.35. The summed E-state index contributed by atoms with van der Waals surface area (Å²) in [6, 6.07) is 0. The van der Waals surface area contributed by atoms with E-state index in [1.807, 2.05) is 13.8 Å². The van der Waals surface area contributed by atoms with Gasteiger partial charge in [0.1, 0.15) is 11.5 Å². The molecule has 0 spiro atoms. The minimum absolute atomic E-state index is 0.124. The summed E-state index contributed by atoms with van der Waals surface area (Å²) >= 11 is 0. The monoisotopic (exact) mass is 284 g/mol. The van der Waals surface area contributed by atoms with Gasteiger partial charge in [0.15, 0.2) is 0 Å². The molecule has 4 N–H and O–H groups in total. The molecule has 20 heavy (non-hydrogen) atoms. The highest BCUT2D eigenvalue weighted by Crippen LogP contribution is 2.18. The third-order valence-corrected chi connectivity index (χ3v) is 2.77. The fourth-order valence-electron chi connectivity index (χ4n) is 2.15. The summed E-state index contributed by atoms with van der Waals surface area (Å²) in [6.45, 7) is 7.83. The Balaban J connectivity index is 3.33. The van der Waals surface area contributed by atoms with Crippen LogP contribution in [-0.2, 0) is 6.54 Å². The van der Waals surface area contributed by atoms with Gasteiger partial charge in [-0.15, -0.1) is 0 Å². The molecule has 0 aliphatic carbocycles. The smallest absolute Gasteiger partial charge is 0.330 e. The molecule has 1 aromatic heterocycles. The average molecular weight is 284 g/mol. The number of nitrogen functional groups attached to an aromatic ring is 1. The molecule has 1 aromatic rings. The van der Waals surface area contributed by atoms with Gasteiger partial charge in [-0.25, -0.2) is 4.79 Å². The summed E-state index contributed by atoms with van der Waals surface area (Å²) in [5.41, 5.74) is 4.14. The van der Waals surface area contributed by atoms with Crippen LogP contribution in [0.25, 0.3) is 0 Å². The van der Waals surface area contributed by atoms with E-state index in [0.717, 1.165) is 0 Å². The maximum atomic E-state index is 12.0.